The van der Waals surface area contributed by atoms with Crippen LogP contribution in [-0.2, 0) is 11.8 Å². The van der Waals surface area contributed by atoms with Gasteiger partial charge >= 0.3 is 0 Å². The Morgan fingerprint density at radius 2 is 1.95 bits per heavy atom. The highest BCUT2D eigenvalue weighted by Crippen LogP contribution is 2.29. The van der Waals surface area contributed by atoms with Crippen LogP contribution < -0.4 is 4.74 Å². The lowest BCUT2D eigenvalue weighted by molar-refractivity contribution is -0.241. The van der Waals surface area contributed by atoms with E-state index >= 15 is 0 Å². The largest absolute Gasteiger partial charge is 0.460 e. The van der Waals surface area contributed by atoms with Crippen molar-refractivity contribution in [2.45, 2.75) is 24.6 Å². The summed E-state index contributed by atoms with van der Waals surface area (Å²) in [6.07, 6.45) is -2.88. The fraction of sp³-hybridized carbons (Fsp3) is 0.429. The second kappa shape index (κ2) is 5.06. The summed E-state index contributed by atoms with van der Waals surface area (Å²) < 4.78 is 12.8. The molecule has 1 aromatic carbocycles. The highest BCUT2D eigenvalue weighted by Gasteiger charge is 2.39. The van der Waals surface area contributed by atoms with Crippen LogP contribution in [0, 0.1) is 0 Å². The molecule has 0 aliphatic carbocycles. The Morgan fingerprint density at radius 3 is 2.75 bits per heavy atom. The van der Waals surface area contributed by atoms with E-state index in [9.17, 15) is 15.3 Å². The molecule has 1 fully saturated rings. The van der Waals surface area contributed by atoms with Gasteiger partial charge in [-0.05, 0) is 12.1 Å². The van der Waals surface area contributed by atoms with Gasteiger partial charge in [0, 0.05) is 18.6 Å². The predicted molar refractivity (Wildman–Crippen MR) is 71.3 cm³/mol. The van der Waals surface area contributed by atoms with Crippen molar-refractivity contribution < 1.29 is 24.8 Å². The molecule has 2 aromatic rings. The number of aliphatic hydroxyl groups excluding tert-OH is 3. The molecule has 1 aliphatic rings. The summed E-state index contributed by atoms with van der Waals surface area (Å²) in [5.41, 5.74) is 0.994. The minimum Gasteiger partial charge on any atom is -0.460 e. The van der Waals surface area contributed by atoms with E-state index in [0.717, 1.165) is 10.9 Å². The second-order valence-corrected chi connectivity index (χ2v) is 4.99. The standard InChI is InChI=1S/C14H17NO5/c1-15-6-11(8-4-2-3-5-9(8)15)20-14-13(18)12(17)10(16)7-19-14/h2-6,10,12-14,16-18H,7H2,1H3/t10-,12-,13+,14-/m1/s1. The maximum absolute atomic E-state index is 9.88. The molecule has 3 rings (SSSR count). The number of aromatic nitrogens is 1. The van der Waals surface area contributed by atoms with Crippen molar-refractivity contribution >= 4 is 10.9 Å². The number of hydrogen-bond donors (Lipinski definition) is 3. The molecule has 0 spiro atoms. The maximum atomic E-state index is 9.88. The summed E-state index contributed by atoms with van der Waals surface area (Å²) in [6, 6.07) is 7.69. The lowest BCUT2D eigenvalue weighted by atomic mass is 10.1. The molecule has 0 unspecified atom stereocenters. The summed E-state index contributed by atoms with van der Waals surface area (Å²) in [7, 11) is 1.89. The first kappa shape index (κ1) is 13.4. The van der Waals surface area contributed by atoms with Crippen LogP contribution >= 0.6 is 0 Å². The van der Waals surface area contributed by atoms with E-state index < -0.39 is 24.6 Å². The van der Waals surface area contributed by atoms with Gasteiger partial charge in [-0.2, -0.15) is 0 Å². The molecule has 6 heteroatoms. The lowest BCUT2D eigenvalue weighted by Gasteiger charge is -2.34. The molecule has 0 saturated carbocycles. The van der Waals surface area contributed by atoms with E-state index in [4.69, 9.17) is 9.47 Å². The van der Waals surface area contributed by atoms with Crippen LogP contribution in [0.2, 0.25) is 0 Å². The first-order valence-electron chi connectivity index (χ1n) is 6.44. The van der Waals surface area contributed by atoms with E-state index in [1.54, 1.807) is 6.20 Å². The Hall–Kier alpha value is -1.60. The summed E-state index contributed by atoms with van der Waals surface area (Å²) in [4.78, 5) is 0. The van der Waals surface area contributed by atoms with E-state index in [0.29, 0.717) is 5.75 Å². The van der Waals surface area contributed by atoms with Gasteiger partial charge in [0.05, 0.1) is 12.1 Å². The lowest BCUT2D eigenvalue weighted by Crippen LogP contribution is -2.54. The minimum atomic E-state index is -1.29. The average molecular weight is 279 g/mol. The van der Waals surface area contributed by atoms with Crippen molar-refractivity contribution in [2.24, 2.45) is 7.05 Å². The van der Waals surface area contributed by atoms with Crippen LogP contribution in [0.1, 0.15) is 0 Å². The highest BCUT2D eigenvalue weighted by molar-refractivity contribution is 5.86. The molecule has 20 heavy (non-hydrogen) atoms. The Balaban J connectivity index is 1.86. The topological polar surface area (TPSA) is 84.1 Å². The molecule has 4 atom stereocenters. The van der Waals surface area contributed by atoms with Crippen molar-refractivity contribution in [1.29, 1.82) is 0 Å². The van der Waals surface area contributed by atoms with Crippen molar-refractivity contribution in [2.75, 3.05) is 6.61 Å². The quantitative estimate of drug-likeness (QED) is 0.720. The van der Waals surface area contributed by atoms with Gasteiger partial charge in [-0.25, -0.2) is 0 Å². The third kappa shape index (κ3) is 2.16. The number of ether oxygens (including phenoxy) is 2. The normalized spacial score (nSPS) is 30.6. The van der Waals surface area contributed by atoms with E-state index in [2.05, 4.69) is 0 Å². The maximum Gasteiger partial charge on any atom is 0.228 e. The van der Waals surface area contributed by atoms with Gasteiger partial charge in [0.25, 0.3) is 0 Å². The highest BCUT2D eigenvalue weighted by atomic mass is 16.7. The fourth-order valence-electron chi connectivity index (χ4n) is 2.41. The first-order chi connectivity index (χ1) is 9.58. The van der Waals surface area contributed by atoms with E-state index in [1.165, 1.54) is 0 Å². The Bertz CT molecular complexity index is 611. The summed E-state index contributed by atoms with van der Waals surface area (Å²) in [5, 5.41) is 29.8. The second-order valence-electron chi connectivity index (χ2n) is 4.99. The number of aryl methyl sites for hydroxylation is 1. The van der Waals surface area contributed by atoms with Gasteiger partial charge in [-0.15, -0.1) is 0 Å². The molecular formula is C14H17NO5. The van der Waals surface area contributed by atoms with Crippen LogP contribution in [0.5, 0.6) is 5.75 Å². The third-order valence-corrected chi connectivity index (χ3v) is 3.56. The Kier molecular flexibility index (Phi) is 3.39. The van der Waals surface area contributed by atoms with Crippen molar-refractivity contribution in [3.63, 3.8) is 0 Å². The molecular weight excluding hydrogens is 262 g/mol. The zero-order chi connectivity index (χ0) is 14.3. The zero-order valence-electron chi connectivity index (χ0n) is 11.0. The van der Waals surface area contributed by atoms with Crippen LogP contribution in [0.15, 0.2) is 30.5 Å². The van der Waals surface area contributed by atoms with Gasteiger partial charge in [-0.1, -0.05) is 12.1 Å². The molecule has 6 nitrogen and oxygen atoms in total. The summed E-state index contributed by atoms with van der Waals surface area (Å²) >= 11 is 0. The number of para-hydroxylation sites is 1. The monoisotopic (exact) mass is 279 g/mol. The summed E-state index contributed by atoms with van der Waals surface area (Å²) in [6.45, 7) is -0.0757. The van der Waals surface area contributed by atoms with E-state index in [-0.39, 0.29) is 6.61 Å². The average Bonchev–Trinajstić information content (AvgIpc) is 2.77. The number of benzene rings is 1. The van der Waals surface area contributed by atoms with Crippen LogP contribution in [0.25, 0.3) is 10.9 Å². The van der Waals surface area contributed by atoms with Crippen molar-refractivity contribution in [1.82, 2.24) is 4.57 Å². The molecule has 1 saturated heterocycles. The van der Waals surface area contributed by atoms with Crippen LogP contribution in [0.4, 0.5) is 0 Å². The fourth-order valence-corrected chi connectivity index (χ4v) is 2.41. The van der Waals surface area contributed by atoms with Gasteiger partial charge in [-0.3, -0.25) is 0 Å². The zero-order valence-corrected chi connectivity index (χ0v) is 11.0. The molecule has 2 heterocycles. The number of hydrogen-bond acceptors (Lipinski definition) is 5. The SMILES string of the molecule is Cn1cc(O[C@H]2OC[C@@H](O)[C@@H](O)[C@@H]2O)c2ccccc21. The summed E-state index contributed by atoms with van der Waals surface area (Å²) in [5.74, 6) is 0.565. The Labute approximate surface area is 115 Å². The molecule has 1 aliphatic heterocycles. The predicted octanol–water partition coefficient (Wildman–Crippen LogP) is -0.00390. The van der Waals surface area contributed by atoms with Crippen molar-refractivity contribution in [3.05, 3.63) is 30.5 Å². The first-order valence-corrected chi connectivity index (χ1v) is 6.44. The molecule has 0 amide bonds. The third-order valence-electron chi connectivity index (χ3n) is 3.56. The minimum absolute atomic E-state index is 0.0757. The smallest absolute Gasteiger partial charge is 0.228 e. The number of aliphatic hydroxyl groups is 3. The van der Waals surface area contributed by atoms with Gasteiger partial charge in [0.1, 0.15) is 24.1 Å². The van der Waals surface area contributed by atoms with Crippen molar-refractivity contribution in [3.8, 4) is 5.75 Å². The van der Waals surface area contributed by atoms with Gasteiger partial charge < -0.3 is 29.4 Å². The number of rotatable bonds is 2. The number of nitrogens with zero attached hydrogens (tertiary/aromatic N) is 1. The number of fused-ring (bicyclic) bond motifs is 1. The molecule has 108 valence electrons. The molecule has 0 radical (unpaired) electrons. The van der Waals surface area contributed by atoms with E-state index in [1.807, 2.05) is 35.9 Å². The molecule has 1 aromatic heterocycles. The van der Waals surface area contributed by atoms with Crippen LogP contribution in [-0.4, -0.2) is 51.1 Å². The molecule has 0 bridgehead atoms. The Morgan fingerprint density at radius 1 is 1.20 bits per heavy atom. The molecule has 3 N–H and O–H groups in total. The van der Waals surface area contributed by atoms with Crippen LogP contribution in [0.3, 0.4) is 0 Å². The van der Waals surface area contributed by atoms with Gasteiger partial charge in [0.15, 0.2) is 0 Å². The van der Waals surface area contributed by atoms with Gasteiger partial charge in [0.2, 0.25) is 6.29 Å².